The average molecular weight is 567 g/mol. The van der Waals surface area contributed by atoms with Gasteiger partial charge in [-0.05, 0) is 32.4 Å². The number of ether oxygens (including phenoxy) is 1. The highest BCUT2D eigenvalue weighted by Crippen LogP contribution is 2.31. The highest BCUT2D eigenvalue weighted by Gasteiger charge is 2.22. The Balaban J connectivity index is 0.00000385. The summed E-state index contributed by atoms with van der Waals surface area (Å²) in [6.07, 6.45) is 0.753. The number of halogens is 1. The zero-order chi connectivity index (χ0) is 23.1. The van der Waals surface area contributed by atoms with Crippen LogP contribution in [0.2, 0.25) is 0 Å². The molecule has 3 rings (SSSR count). The SMILES string of the molecule is CC(C)(C)NC(=O)CNC(=NCc1ccc([N+](=O)[O-])cc1)NC1CCOc2ccccc21.I. The monoisotopic (exact) mass is 567 g/mol. The topological polar surface area (TPSA) is 118 Å². The van der Waals surface area contributed by atoms with Crippen LogP contribution in [-0.4, -0.2) is 35.5 Å². The Morgan fingerprint density at radius 1 is 1.18 bits per heavy atom. The van der Waals surface area contributed by atoms with E-state index < -0.39 is 4.92 Å². The zero-order valence-electron chi connectivity index (χ0n) is 19.0. The summed E-state index contributed by atoms with van der Waals surface area (Å²) < 4.78 is 5.73. The van der Waals surface area contributed by atoms with Gasteiger partial charge >= 0.3 is 0 Å². The number of benzene rings is 2. The van der Waals surface area contributed by atoms with Crippen LogP contribution in [0.25, 0.3) is 0 Å². The molecule has 9 nitrogen and oxygen atoms in total. The number of nitrogens with zero attached hydrogens (tertiary/aromatic N) is 2. The fraction of sp³-hybridized carbons (Fsp3) is 0.391. The molecule has 0 saturated carbocycles. The standard InChI is InChI=1S/C23H29N5O4.HI/c1-23(2,3)27-21(29)15-25-22(24-14-16-8-10-17(11-9-16)28(30)31)26-19-12-13-32-20-7-5-4-6-18(19)20;/h4-11,19H,12-15H2,1-3H3,(H,27,29)(H2,24,25,26);1H. The highest BCUT2D eigenvalue weighted by molar-refractivity contribution is 14.0. The number of nitrogens with one attached hydrogen (secondary N) is 3. The maximum atomic E-state index is 12.3. The molecule has 0 spiro atoms. The number of amides is 1. The Labute approximate surface area is 210 Å². The summed E-state index contributed by atoms with van der Waals surface area (Å²) in [5, 5.41) is 20.3. The second-order valence-corrected chi connectivity index (χ2v) is 8.61. The summed E-state index contributed by atoms with van der Waals surface area (Å²) in [5.41, 5.74) is 1.56. The first-order valence-electron chi connectivity index (χ1n) is 10.5. The van der Waals surface area contributed by atoms with Crippen molar-refractivity contribution >= 4 is 41.5 Å². The van der Waals surface area contributed by atoms with Crippen molar-refractivity contribution in [1.29, 1.82) is 0 Å². The quantitative estimate of drug-likeness (QED) is 0.161. The molecular weight excluding hydrogens is 537 g/mol. The van der Waals surface area contributed by atoms with Crippen molar-refractivity contribution in [2.75, 3.05) is 13.2 Å². The van der Waals surface area contributed by atoms with Crippen molar-refractivity contribution in [3.8, 4) is 5.75 Å². The number of guanidine groups is 1. The van der Waals surface area contributed by atoms with Crippen molar-refractivity contribution in [2.24, 2.45) is 4.99 Å². The number of fused-ring (bicyclic) bond motifs is 1. The molecule has 1 amide bonds. The van der Waals surface area contributed by atoms with E-state index in [1.807, 2.05) is 45.0 Å². The van der Waals surface area contributed by atoms with Gasteiger partial charge in [-0.25, -0.2) is 4.99 Å². The van der Waals surface area contributed by atoms with E-state index in [1.165, 1.54) is 12.1 Å². The van der Waals surface area contributed by atoms with Gasteiger partial charge in [0.15, 0.2) is 5.96 Å². The van der Waals surface area contributed by atoms with Gasteiger partial charge in [0.05, 0.1) is 30.7 Å². The molecule has 1 atom stereocenters. The summed E-state index contributed by atoms with van der Waals surface area (Å²) in [7, 11) is 0. The van der Waals surface area contributed by atoms with E-state index in [9.17, 15) is 14.9 Å². The van der Waals surface area contributed by atoms with Gasteiger partial charge in [0.2, 0.25) is 5.91 Å². The van der Waals surface area contributed by atoms with Crippen LogP contribution in [-0.2, 0) is 11.3 Å². The Kier molecular flexibility index (Phi) is 9.44. The lowest BCUT2D eigenvalue weighted by Crippen LogP contribution is -2.49. The molecule has 0 radical (unpaired) electrons. The largest absolute Gasteiger partial charge is 0.493 e. The molecule has 1 heterocycles. The molecule has 0 aromatic heterocycles. The van der Waals surface area contributed by atoms with Crippen molar-refractivity contribution in [3.63, 3.8) is 0 Å². The van der Waals surface area contributed by atoms with Crippen LogP contribution in [0.3, 0.4) is 0 Å². The van der Waals surface area contributed by atoms with Crippen LogP contribution in [0.5, 0.6) is 5.75 Å². The predicted octanol–water partition coefficient (Wildman–Crippen LogP) is 3.69. The van der Waals surface area contributed by atoms with Gasteiger partial charge in [0, 0.05) is 29.7 Å². The first-order chi connectivity index (χ1) is 15.2. The first-order valence-corrected chi connectivity index (χ1v) is 10.5. The minimum Gasteiger partial charge on any atom is -0.493 e. The van der Waals surface area contributed by atoms with Crippen LogP contribution in [0.1, 0.15) is 44.4 Å². The molecule has 0 saturated heterocycles. The molecule has 33 heavy (non-hydrogen) atoms. The third kappa shape index (κ3) is 8.19. The van der Waals surface area contributed by atoms with Gasteiger partial charge < -0.3 is 20.7 Å². The van der Waals surface area contributed by atoms with E-state index in [2.05, 4.69) is 20.9 Å². The van der Waals surface area contributed by atoms with Crippen molar-refractivity contribution < 1.29 is 14.5 Å². The number of para-hydroxylation sites is 1. The molecule has 1 aliphatic heterocycles. The molecule has 0 bridgehead atoms. The van der Waals surface area contributed by atoms with Gasteiger partial charge in [-0.15, -0.1) is 24.0 Å². The van der Waals surface area contributed by atoms with Crippen LogP contribution in [0.15, 0.2) is 53.5 Å². The smallest absolute Gasteiger partial charge is 0.269 e. The molecule has 0 fully saturated rings. The van der Waals surface area contributed by atoms with E-state index in [0.29, 0.717) is 19.1 Å². The van der Waals surface area contributed by atoms with E-state index >= 15 is 0 Å². The molecule has 1 aliphatic rings. The number of hydrogen-bond acceptors (Lipinski definition) is 5. The van der Waals surface area contributed by atoms with E-state index in [4.69, 9.17) is 4.74 Å². The van der Waals surface area contributed by atoms with Gasteiger partial charge in [-0.2, -0.15) is 0 Å². The van der Waals surface area contributed by atoms with Crippen LogP contribution < -0.4 is 20.7 Å². The number of hydrogen-bond donors (Lipinski definition) is 3. The Hall–Kier alpha value is -2.89. The van der Waals surface area contributed by atoms with Crippen molar-refractivity contribution in [3.05, 3.63) is 69.8 Å². The number of aliphatic imine (C=N–C) groups is 1. The van der Waals surface area contributed by atoms with Gasteiger partial charge in [-0.3, -0.25) is 14.9 Å². The molecule has 2 aromatic rings. The number of nitro benzene ring substituents is 1. The molecule has 10 heteroatoms. The van der Waals surface area contributed by atoms with Gasteiger partial charge in [0.1, 0.15) is 5.75 Å². The van der Waals surface area contributed by atoms with Crippen molar-refractivity contribution in [1.82, 2.24) is 16.0 Å². The fourth-order valence-corrected chi connectivity index (χ4v) is 3.33. The Bertz CT molecular complexity index is 989. The molecule has 2 aromatic carbocycles. The lowest BCUT2D eigenvalue weighted by molar-refractivity contribution is -0.384. The van der Waals surface area contributed by atoms with Gasteiger partial charge in [-0.1, -0.05) is 30.3 Å². The number of nitro groups is 1. The van der Waals surface area contributed by atoms with Crippen molar-refractivity contribution in [2.45, 2.75) is 45.3 Å². The normalized spacial score (nSPS) is 15.4. The van der Waals surface area contributed by atoms with Crippen LogP contribution in [0, 0.1) is 10.1 Å². The third-order valence-corrected chi connectivity index (χ3v) is 4.77. The van der Waals surface area contributed by atoms with Crippen LogP contribution in [0.4, 0.5) is 5.69 Å². The minimum absolute atomic E-state index is 0. The maximum Gasteiger partial charge on any atom is 0.269 e. The summed E-state index contributed by atoms with van der Waals surface area (Å²) in [4.78, 5) is 27.3. The summed E-state index contributed by atoms with van der Waals surface area (Å²) in [5.74, 6) is 1.17. The number of rotatable bonds is 6. The molecule has 178 valence electrons. The second-order valence-electron chi connectivity index (χ2n) is 8.61. The fourth-order valence-electron chi connectivity index (χ4n) is 3.33. The van der Waals surface area contributed by atoms with E-state index in [1.54, 1.807) is 12.1 Å². The first kappa shape index (κ1) is 26.4. The Morgan fingerprint density at radius 3 is 2.55 bits per heavy atom. The number of carbonyl (C=O) groups excluding carboxylic acids is 1. The predicted molar refractivity (Wildman–Crippen MR) is 138 cm³/mol. The third-order valence-electron chi connectivity index (χ3n) is 4.77. The average Bonchev–Trinajstić information content (AvgIpc) is 2.75. The van der Waals surface area contributed by atoms with E-state index in [-0.39, 0.29) is 53.7 Å². The van der Waals surface area contributed by atoms with Crippen LogP contribution >= 0.6 is 24.0 Å². The number of non-ortho nitro benzene ring substituents is 1. The Morgan fingerprint density at radius 2 is 1.88 bits per heavy atom. The zero-order valence-corrected chi connectivity index (χ0v) is 21.3. The molecule has 3 N–H and O–H groups in total. The molecular formula is C23H30IN5O4. The lowest BCUT2D eigenvalue weighted by Gasteiger charge is -2.28. The second kappa shape index (κ2) is 11.8. The molecule has 0 aliphatic carbocycles. The minimum atomic E-state index is -0.433. The molecule has 1 unspecified atom stereocenters. The van der Waals surface area contributed by atoms with E-state index in [0.717, 1.165) is 23.3 Å². The summed E-state index contributed by atoms with van der Waals surface area (Å²) in [6.45, 7) is 6.71. The van der Waals surface area contributed by atoms with Gasteiger partial charge in [0.25, 0.3) is 5.69 Å². The lowest BCUT2D eigenvalue weighted by atomic mass is 10.0. The number of carbonyl (C=O) groups is 1. The maximum absolute atomic E-state index is 12.3. The summed E-state index contributed by atoms with van der Waals surface area (Å²) in [6, 6.07) is 14.1. The highest BCUT2D eigenvalue weighted by atomic mass is 127. The summed E-state index contributed by atoms with van der Waals surface area (Å²) >= 11 is 0.